The summed E-state index contributed by atoms with van der Waals surface area (Å²) < 4.78 is 5.08. The first-order chi connectivity index (χ1) is 6.06. The van der Waals surface area contributed by atoms with Gasteiger partial charge in [0.2, 0.25) is 0 Å². The topological polar surface area (TPSA) is 9.23 Å². The van der Waals surface area contributed by atoms with Gasteiger partial charge < -0.3 is 4.74 Å². The Bertz CT molecular complexity index is 308. The lowest BCUT2D eigenvalue weighted by molar-refractivity contribution is 0.414. The normalized spacial score (nSPS) is 10.6. The molecule has 0 saturated carbocycles. The molecule has 13 heavy (non-hydrogen) atoms. The van der Waals surface area contributed by atoms with Gasteiger partial charge in [0.05, 0.1) is 17.2 Å². The van der Waals surface area contributed by atoms with E-state index in [0.29, 0.717) is 10.0 Å². The van der Waals surface area contributed by atoms with Gasteiger partial charge in [0.15, 0.2) is 0 Å². The van der Waals surface area contributed by atoms with E-state index in [-0.39, 0.29) is 0 Å². The molecular weight excluding hydrogens is 207 g/mol. The van der Waals surface area contributed by atoms with Crippen molar-refractivity contribution in [1.82, 2.24) is 0 Å². The van der Waals surface area contributed by atoms with Gasteiger partial charge in [-0.25, -0.2) is 0 Å². The molecule has 0 aliphatic heterocycles. The predicted octanol–water partition coefficient (Wildman–Crippen LogP) is 3.96. The van der Waals surface area contributed by atoms with Gasteiger partial charge in [-0.1, -0.05) is 37.0 Å². The smallest absolute Gasteiger partial charge is 0.120 e. The van der Waals surface area contributed by atoms with Crippen molar-refractivity contribution in [3.63, 3.8) is 0 Å². The molecule has 0 aliphatic carbocycles. The quantitative estimate of drug-likeness (QED) is 0.729. The largest absolute Gasteiger partial charge is 0.497 e. The lowest BCUT2D eigenvalue weighted by Crippen LogP contribution is -1.92. The maximum Gasteiger partial charge on any atom is 0.120 e. The van der Waals surface area contributed by atoms with Gasteiger partial charge in [-0.3, -0.25) is 0 Å². The molecule has 0 saturated heterocycles. The Morgan fingerprint density at radius 1 is 1.23 bits per heavy atom. The highest BCUT2D eigenvalue weighted by molar-refractivity contribution is 6.42. The molecule has 1 rings (SSSR count). The zero-order chi connectivity index (χ0) is 10.0. The van der Waals surface area contributed by atoms with Crippen molar-refractivity contribution in [1.29, 1.82) is 0 Å². The Morgan fingerprint density at radius 3 is 2.31 bits per heavy atom. The molecule has 0 spiro atoms. The fourth-order valence-electron chi connectivity index (χ4n) is 1.05. The SMILES string of the molecule is COc1cc(Cl)c(Cl)c([C](C)C)c1. The lowest BCUT2D eigenvalue weighted by atomic mass is 10.0. The average Bonchev–Trinajstić information content (AvgIpc) is 2.09. The van der Waals surface area contributed by atoms with Crippen LogP contribution in [-0.4, -0.2) is 7.11 Å². The zero-order valence-corrected chi connectivity index (χ0v) is 9.33. The summed E-state index contributed by atoms with van der Waals surface area (Å²) in [6, 6.07) is 3.58. The summed E-state index contributed by atoms with van der Waals surface area (Å²) in [6.45, 7) is 3.97. The maximum absolute atomic E-state index is 6.01. The molecule has 1 radical (unpaired) electrons. The Hall–Kier alpha value is -0.400. The van der Waals surface area contributed by atoms with Crippen LogP contribution in [0.1, 0.15) is 19.4 Å². The number of hydrogen-bond donors (Lipinski definition) is 0. The molecule has 1 nitrogen and oxygen atoms in total. The number of benzene rings is 1. The number of hydrogen-bond acceptors (Lipinski definition) is 1. The highest BCUT2D eigenvalue weighted by Crippen LogP contribution is 2.34. The fraction of sp³-hybridized carbons (Fsp3) is 0.300. The van der Waals surface area contributed by atoms with Crippen LogP contribution in [0, 0.1) is 5.92 Å². The second-order valence-electron chi connectivity index (χ2n) is 2.97. The van der Waals surface area contributed by atoms with Gasteiger partial charge in [-0.15, -0.1) is 0 Å². The molecule has 71 valence electrons. The van der Waals surface area contributed by atoms with E-state index in [4.69, 9.17) is 27.9 Å². The van der Waals surface area contributed by atoms with E-state index >= 15 is 0 Å². The summed E-state index contributed by atoms with van der Waals surface area (Å²) in [5.74, 6) is 1.84. The molecule has 0 unspecified atom stereocenters. The van der Waals surface area contributed by atoms with E-state index in [1.807, 2.05) is 19.9 Å². The molecule has 1 aromatic rings. The third-order valence-electron chi connectivity index (χ3n) is 1.78. The molecule has 0 atom stereocenters. The van der Waals surface area contributed by atoms with Gasteiger partial charge in [-0.05, 0) is 11.6 Å². The summed E-state index contributed by atoms with van der Waals surface area (Å²) in [5, 5.41) is 1.11. The number of methoxy groups -OCH3 is 1. The first-order valence-corrected chi connectivity index (χ1v) is 4.65. The van der Waals surface area contributed by atoms with Crippen LogP contribution < -0.4 is 4.74 Å². The van der Waals surface area contributed by atoms with Gasteiger partial charge in [-0.2, -0.15) is 0 Å². The Morgan fingerprint density at radius 2 is 1.85 bits per heavy atom. The molecule has 1 aromatic carbocycles. The highest BCUT2D eigenvalue weighted by atomic mass is 35.5. The van der Waals surface area contributed by atoms with Crippen LogP contribution in [0.4, 0.5) is 0 Å². The minimum absolute atomic E-state index is 0.525. The van der Waals surface area contributed by atoms with Crippen LogP contribution in [0.25, 0.3) is 0 Å². The summed E-state index contributed by atoms with van der Waals surface area (Å²) in [7, 11) is 1.61. The highest BCUT2D eigenvalue weighted by Gasteiger charge is 2.10. The minimum Gasteiger partial charge on any atom is -0.497 e. The Kier molecular flexibility index (Phi) is 3.46. The first kappa shape index (κ1) is 10.7. The number of ether oxygens (including phenoxy) is 1. The monoisotopic (exact) mass is 217 g/mol. The molecule has 0 heterocycles. The van der Waals surface area contributed by atoms with Crippen molar-refractivity contribution in [2.75, 3.05) is 7.11 Å². The van der Waals surface area contributed by atoms with Gasteiger partial charge >= 0.3 is 0 Å². The van der Waals surface area contributed by atoms with E-state index in [9.17, 15) is 0 Å². The molecule has 0 aromatic heterocycles. The average molecular weight is 218 g/mol. The Labute approximate surface area is 88.6 Å². The molecule has 0 N–H and O–H groups in total. The molecule has 0 aliphatic rings. The minimum atomic E-state index is 0.525. The first-order valence-electron chi connectivity index (χ1n) is 3.90. The summed E-state index contributed by atoms with van der Waals surface area (Å²) >= 11 is 11.9. The third kappa shape index (κ3) is 2.29. The van der Waals surface area contributed by atoms with Gasteiger partial charge in [0, 0.05) is 12.0 Å². The Balaban J connectivity index is 3.25. The van der Waals surface area contributed by atoms with Crippen molar-refractivity contribution in [2.24, 2.45) is 0 Å². The van der Waals surface area contributed by atoms with Crippen molar-refractivity contribution in [3.05, 3.63) is 33.7 Å². The summed E-state index contributed by atoms with van der Waals surface area (Å²) in [4.78, 5) is 0. The van der Waals surface area contributed by atoms with E-state index < -0.39 is 0 Å². The van der Waals surface area contributed by atoms with Crippen LogP contribution in [0.3, 0.4) is 0 Å². The second kappa shape index (κ2) is 4.21. The standard InChI is InChI=1S/C10H11Cl2O/c1-6(2)8-4-7(13-3)5-9(11)10(8)12/h4-5H,1-3H3. The lowest BCUT2D eigenvalue weighted by Gasteiger charge is -2.11. The summed E-state index contributed by atoms with van der Waals surface area (Å²) in [6.07, 6.45) is 0. The molecule has 0 fully saturated rings. The van der Waals surface area contributed by atoms with Crippen LogP contribution >= 0.6 is 23.2 Å². The van der Waals surface area contributed by atoms with Crippen molar-refractivity contribution >= 4 is 23.2 Å². The number of rotatable bonds is 2. The van der Waals surface area contributed by atoms with E-state index in [0.717, 1.165) is 17.2 Å². The maximum atomic E-state index is 6.01. The van der Waals surface area contributed by atoms with Crippen molar-refractivity contribution in [3.8, 4) is 5.75 Å². The molecule has 3 heteroatoms. The van der Waals surface area contributed by atoms with Crippen molar-refractivity contribution < 1.29 is 4.74 Å². The van der Waals surface area contributed by atoms with E-state index in [1.54, 1.807) is 13.2 Å². The van der Waals surface area contributed by atoms with Crippen LogP contribution in [0.2, 0.25) is 10.0 Å². The van der Waals surface area contributed by atoms with E-state index in [1.165, 1.54) is 0 Å². The summed E-state index contributed by atoms with van der Waals surface area (Å²) in [5.41, 5.74) is 0.936. The van der Waals surface area contributed by atoms with E-state index in [2.05, 4.69) is 0 Å². The molecule has 0 bridgehead atoms. The molecular formula is C10H11Cl2O. The second-order valence-corrected chi connectivity index (χ2v) is 3.76. The van der Waals surface area contributed by atoms with Crippen LogP contribution in [0.5, 0.6) is 5.75 Å². The molecule has 0 amide bonds. The number of halogens is 2. The fourth-order valence-corrected chi connectivity index (χ4v) is 1.55. The van der Waals surface area contributed by atoms with Gasteiger partial charge in [0.1, 0.15) is 5.75 Å². The van der Waals surface area contributed by atoms with Crippen molar-refractivity contribution in [2.45, 2.75) is 13.8 Å². The third-order valence-corrected chi connectivity index (χ3v) is 2.58. The van der Waals surface area contributed by atoms with Crippen LogP contribution in [-0.2, 0) is 0 Å². The van der Waals surface area contributed by atoms with Crippen LogP contribution in [0.15, 0.2) is 12.1 Å². The van der Waals surface area contributed by atoms with Gasteiger partial charge in [0.25, 0.3) is 0 Å². The predicted molar refractivity (Wildman–Crippen MR) is 56.7 cm³/mol. The zero-order valence-electron chi connectivity index (χ0n) is 7.82.